The van der Waals surface area contributed by atoms with Gasteiger partial charge >= 0.3 is 0 Å². The molecule has 1 saturated heterocycles. The third-order valence-corrected chi connectivity index (χ3v) is 4.37. The number of nitrogens with zero attached hydrogens (tertiary/aromatic N) is 2. The van der Waals surface area contributed by atoms with Crippen LogP contribution in [0.4, 0.5) is 0 Å². The van der Waals surface area contributed by atoms with Crippen molar-refractivity contribution in [2.24, 2.45) is 11.8 Å². The Morgan fingerprint density at radius 2 is 1.91 bits per heavy atom. The van der Waals surface area contributed by atoms with E-state index in [4.69, 9.17) is 0 Å². The van der Waals surface area contributed by atoms with Gasteiger partial charge in [-0.2, -0.15) is 0 Å². The molecule has 0 unspecified atom stereocenters. The lowest BCUT2D eigenvalue weighted by atomic mass is 9.85. The molecule has 1 N–H and O–H groups in total. The van der Waals surface area contributed by atoms with Crippen molar-refractivity contribution >= 4 is 17.7 Å². The summed E-state index contributed by atoms with van der Waals surface area (Å²) < 4.78 is 0. The van der Waals surface area contributed by atoms with Gasteiger partial charge in [-0.3, -0.25) is 24.3 Å². The van der Waals surface area contributed by atoms with E-state index < -0.39 is 0 Å². The van der Waals surface area contributed by atoms with Crippen LogP contribution in [0.25, 0.3) is 0 Å². The number of allylic oxidation sites excluding steroid dienone is 2. The normalized spacial score (nSPS) is 23.0. The zero-order valence-electron chi connectivity index (χ0n) is 12.8. The number of rotatable bonds is 5. The summed E-state index contributed by atoms with van der Waals surface area (Å²) in [4.78, 5) is 41.7. The zero-order chi connectivity index (χ0) is 16.2. The third-order valence-electron chi connectivity index (χ3n) is 4.37. The molecule has 0 aromatic carbocycles. The molecule has 23 heavy (non-hydrogen) atoms. The minimum absolute atomic E-state index is 0.130. The molecule has 1 aliphatic heterocycles. The Balaban J connectivity index is 1.49. The Kier molecular flexibility index (Phi) is 4.50. The number of carbonyl (C=O) groups is 3. The molecule has 1 fully saturated rings. The fourth-order valence-electron chi connectivity index (χ4n) is 3.09. The monoisotopic (exact) mass is 313 g/mol. The van der Waals surface area contributed by atoms with E-state index >= 15 is 0 Å². The molecule has 1 aromatic heterocycles. The van der Waals surface area contributed by atoms with E-state index in [0.717, 1.165) is 5.56 Å². The Labute approximate surface area is 134 Å². The number of hydrogen-bond acceptors (Lipinski definition) is 4. The highest BCUT2D eigenvalue weighted by molar-refractivity contribution is 6.05. The van der Waals surface area contributed by atoms with E-state index in [1.807, 2.05) is 18.2 Å². The fourth-order valence-corrected chi connectivity index (χ4v) is 3.09. The van der Waals surface area contributed by atoms with E-state index in [1.54, 1.807) is 18.5 Å². The summed E-state index contributed by atoms with van der Waals surface area (Å²) in [6, 6.07) is 3.68. The maximum atomic E-state index is 12.3. The highest BCUT2D eigenvalue weighted by Crippen LogP contribution is 2.34. The molecule has 1 aromatic rings. The molecular weight excluding hydrogens is 294 g/mol. The Hall–Kier alpha value is -2.50. The predicted octanol–water partition coefficient (Wildman–Crippen LogP) is 1.04. The molecule has 3 rings (SSSR count). The highest BCUT2D eigenvalue weighted by Gasteiger charge is 2.46. The van der Waals surface area contributed by atoms with Gasteiger partial charge in [-0.15, -0.1) is 0 Å². The molecule has 2 aliphatic rings. The Morgan fingerprint density at radius 1 is 1.22 bits per heavy atom. The maximum Gasteiger partial charge on any atom is 0.233 e. The van der Waals surface area contributed by atoms with E-state index in [9.17, 15) is 14.4 Å². The summed E-state index contributed by atoms with van der Waals surface area (Å²) in [7, 11) is 0. The van der Waals surface area contributed by atoms with Crippen LogP contribution < -0.4 is 5.32 Å². The SMILES string of the molecule is O=C(CCN1C(=O)[C@H]2CC=CC[C@H]2C1=O)NCc1cccnc1. The second-order valence-electron chi connectivity index (χ2n) is 5.87. The molecule has 0 spiro atoms. The molecule has 6 heteroatoms. The van der Waals surface area contributed by atoms with Gasteiger partial charge in [0.15, 0.2) is 0 Å². The highest BCUT2D eigenvalue weighted by atomic mass is 16.2. The predicted molar refractivity (Wildman–Crippen MR) is 82.8 cm³/mol. The molecule has 120 valence electrons. The summed E-state index contributed by atoms with van der Waals surface area (Å²) >= 11 is 0. The molecule has 2 heterocycles. The quantitative estimate of drug-likeness (QED) is 0.651. The number of nitrogens with one attached hydrogen (secondary N) is 1. The largest absolute Gasteiger partial charge is 0.352 e. The zero-order valence-corrected chi connectivity index (χ0v) is 12.8. The first kappa shape index (κ1) is 15.4. The van der Waals surface area contributed by atoms with E-state index in [1.165, 1.54) is 4.90 Å². The van der Waals surface area contributed by atoms with Gasteiger partial charge in [0.25, 0.3) is 0 Å². The first-order valence-corrected chi connectivity index (χ1v) is 7.82. The van der Waals surface area contributed by atoms with Gasteiger partial charge in [-0.05, 0) is 24.5 Å². The summed E-state index contributed by atoms with van der Waals surface area (Å²) in [5.41, 5.74) is 0.909. The van der Waals surface area contributed by atoms with Crippen molar-refractivity contribution in [3.63, 3.8) is 0 Å². The topological polar surface area (TPSA) is 79.4 Å². The standard InChI is InChI=1S/C17H19N3O3/c21-15(19-11-12-4-3-8-18-10-12)7-9-20-16(22)13-5-1-2-6-14(13)17(20)23/h1-4,8,10,13-14H,5-7,9,11H2,(H,19,21)/t13-,14+. The summed E-state index contributed by atoms with van der Waals surface area (Å²) in [5.74, 6) is -0.909. The number of likely N-dealkylation sites (tertiary alicyclic amines) is 1. The molecule has 2 atom stereocenters. The number of imide groups is 1. The van der Waals surface area contributed by atoms with Gasteiger partial charge < -0.3 is 5.32 Å². The summed E-state index contributed by atoms with van der Waals surface area (Å²) in [5, 5.41) is 2.77. The summed E-state index contributed by atoms with van der Waals surface area (Å²) in [6.45, 7) is 0.549. The van der Waals surface area contributed by atoms with Crippen molar-refractivity contribution in [1.29, 1.82) is 0 Å². The van der Waals surface area contributed by atoms with Crippen molar-refractivity contribution in [1.82, 2.24) is 15.2 Å². The molecular formula is C17H19N3O3. The number of hydrogen-bond donors (Lipinski definition) is 1. The molecule has 0 saturated carbocycles. The minimum Gasteiger partial charge on any atom is -0.352 e. The average Bonchev–Trinajstić information content (AvgIpc) is 2.83. The Morgan fingerprint density at radius 3 is 2.52 bits per heavy atom. The molecule has 3 amide bonds. The minimum atomic E-state index is -0.231. The first-order chi connectivity index (χ1) is 11.2. The molecule has 1 aliphatic carbocycles. The van der Waals surface area contributed by atoms with Gasteiger partial charge in [0.1, 0.15) is 0 Å². The van der Waals surface area contributed by atoms with Crippen LogP contribution in [0.5, 0.6) is 0 Å². The van der Waals surface area contributed by atoms with E-state index in [2.05, 4.69) is 10.3 Å². The van der Waals surface area contributed by atoms with Crippen molar-refractivity contribution in [2.75, 3.05) is 6.54 Å². The molecule has 6 nitrogen and oxygen atoms in total. The van der Waals surface area contributed by atoms with Gasteiger partial charge in [-0.1, -0.05) is 18.2 Å². The number of pyridine rings is 1. The fraction of sp³-hybridized carbons (Fsp3) is 0.412. The van der Waals surface area contributed by atoms with Gasteiger partial charge in [-0.25, -0.2) is 0 Å². The van der Waals surface area contributed by atoms with Crippen molar-refractivity contribution in [2.45, 2.75) is 25.8 Å². The van der Waals surface area contributed by atoms with Crippen LogP contribution in [0.1, 0.15) is 24.8 Å². The van der Waals surface area contributed by atoms with Crippen LogP contribution in [0.3, 0.4) is 0 Å². The molecule has 0 radical (unpaired) electrons. The van der Waals surface area contributed by atoms with Crippen LogP contribution >= 0.6 is 0 Å². The van der Waals surface area contributed by atoms with Crippen LogP contribution in [0.2, 0.25) is 0 Å². The van der Waals surface area contributed by atoms with Crippen LogP contribution in [0.15, 0.2) is 36.7 Å². The van der Waals surface area contributed by atoms with Gasteiger partial charge in [0, 0.05) is 31.9 Å². The first-order valence-electron chi connectivity index (χ1n) is 7.82. The number of fused-ring (bicyclic) bond motifs is 1. The van der Waals surface area contributed by atoms with Crippen LogP contribution in [0, 0.1) is 11.8 Å². The summed E-state index contributed by atoms with van der Waals surface area (Å²) in [6.07, 6.45) is 8.64. The molecule has 0 bridgehead atoms. The smallest absolute Gasteiger partial charge is 0.233 e. The number of amides is 3. The third kappa shape index (κ3) is 3.31. The van der Waals surface area contributed by atoms with E-state index in [-0.39, 0.29) is 42.5 Å². The lowest BCUT2D eigenvalue weighted by molar-refractivity contribution is -0.140. The second kappa shape index (κ2) is 6.73. The lowest BCUT2D eigenvalue weighted by Crippen LogP contribution is -2.35. The second-order valence-corrected chi connectivity index (χ2v) is 5.87. The van der Waals surface area contributed by atoms with Gasteiger partial charge in [0.05, 0.1) is 11.8 Å². The lowest BCUT2D eigenvalue weighted by Gasteiger charge is -2.14. The van der Waals surface area contributed by atoms with E-state index in [0.29, 0.717) is 19.4 Å². The average molecular weight is 313 g/mol. The van der Waals surface area contributed by atoms with Crippen molar-refractivity contribution < 1.29 is 14.4 Å². The van der Waals surface area contributed by atoms with Gasteiger partial charge in [0.2, 0.25) is 17.7 Å². The Bertz CT molecular complexity index is 616. The van der Waals surface area contributed by atoms with Crippen molar-refractivity contribution in [3.05, 3.63) is 42.2 Å². The van der Waals surface area contributed by atoms with Crippen molar-refractivity contribution in [3.8, 4) is 0 Å². The number of carbonyl (C=O) groups excluding carboxylic acids is 3. The van der Waals surface area contributed by atoms with Crippen LogP contribution in [-0.2, 0) is 20.9 Å². The number of aromatic nitrogens is 1. The van der Waals surface area contributed by atoms with Crippen LogP contribution in [-0.4, -0.2) is 34.2 Å². The maximum absolute atomic E-state index is 12.3.